The highest BCUT2D eigenvalue weighted by atomic mass is 32.1. The van der Waals surface area contributed by atoms with Crippen molar-refractivity contribution in [1.29, 1.82) is 0 Å². The monoisotopic (exact) mass is 313 g/mol. The smallest absolute Gasteiger partial charge is 0.379 e. The predicted octanol–water partition coefficient (Wildman–Crippen LogP) is 3.81. The SMILES string of the molecule is O=C(Oc1ccc(NC(=O)c2cccs2)cc1)c1ccco1. The Balaban J connectivity index is 1.63. The summed E-state index contributed by atoms with van der Waals surface area (Å²) in [5, 5.41) is 4.60. The number of rotatable bonds is 4. The van der Waals surface area contributed by atoms with Crippen molar-refractivity contribution in [2.24, 2.45) is 0 Å². The van der Waals surface area contributed by atoms with Crippen LogP contribution in [0.2, 0.25) is 0 Å². The maximum Gasteiger partial charge on any atom is 0.379 e. The van der Waals surface area contributed by atoms with Crippen molar-refractivity contribution in [2.45, 2.75) is 0 Å². The van der Waals surface area contributed by atoms with Gasteiger partial charge in [-0.3, -0.25) is 4.79 Å². The third-order valence-electron chi connectivity index (χ3n) is 2.79. The maximum absolute atomic E-state index is 11.9. The summed E-state index contributed by atoms with van der Waals surface area (Å²) >= 11 is 1.37. The number of esters is 1. The highest BCUT2D eigenvalue weighted by Crippen LogP contribution is 2.18. The van der Waals surface area contributed by atoms with Crippen LogP contribution < -0.4 is 10.1 Å². The largest absolute Gasteiger partial charge is 0.457 e. The van der Waals surface area contributed by atoms with Crippen LogP contribution in [0.5, 0.6) is 5.75 Å². The summed E-state index contributed by atoms with van der Waals surface area (Å²) < 4.78 is 10.1. The molecule has 0 bridgehead atoms. The van der Waals surface area contributed by atoms with Crippen molar-refractivity contribution < 1.29 is 18.7 Å². The second-order valence-corrected chi connectivity index (χ2v) is 5.27. The van der Waals surface area contributed by atoms with E-state index in [0.717, 1.165) is 0 Å². The molecule has 1 N–H and O–H groups in total. The molecule has 0 unspecified atom stereocenters. The van der Waals surface area contributed by atoms with Gasteiger partial charge in [-0.25, -0.2) is 4.79 Å². The van der Waals surface area contributed by atoms with Crippen molar-refractivity contribution in [3.63, 3.8) is 0 Å². The Kier molecular flexibility index (Phi) is 4.02. The molecule has 3 aromatic rings. The van der Waals surface area contributed by atoms with Crippen molar-refractivity contribution in [2.75, 3.05) is 5.32 Å². The van der Waals surface area contributed by atoms with Crippen LogP contribution in [-0.4, -0.2) is 11.9 Å². The van der Waals surface area contributed by atoms with E-state index in [2.05, 4.69) is 5.32 Å². The molecule has 0 saturated heterocycles. The molecule has 0 aliphatic carbocycles. The van der Waals surface area contributed by atoms with E-state index >= 15 is 0 Å². The number of furan rings is 1. The summed E-state index contributed by atoms with van der Waals surface area (Å²) in [5.41, 5.74) is 0.621. The molecule has 0 radical (unpaired) electrons. The lowest BCUT2D eigenvalue weighted by Gasteiger charge is -2.05. The molecule has 5 nitrogen and oxygen atoms in total. The second-order valence-electron chi connectivity index (χ2n) is 4.32. The number of hydrogen-bond donors (Lipinski definition) is 1. The van der Waals surface area contributed by atoms with E-state index in [0.29, 0.717) is 16.3 Å². The number of ether oxygens (including phenoxy) is 1. The van der Waals surface area contributed by atoms with Crippen molar-refractivity contribution in [3.05, 3.63) is 70.8 Å². The van der Waals surface area contributed by atoms with Gasteiger partial charge in [0.2, 0.25) is 5.76 Å². The number of carbonyl (C=O) groups is 2. The highest BCUT2D eigenvalue weighted by molar-refractivity contribution is 7.12. The Morgan fingerprint density at radius 3 is 2.50 bits per heavy atom. The van der Waals surface area contributed by atoms with E-state index in [1.807, 2.05) is 11.4 Å². The molecule has 0 saturated carbocycles. The summed E-state index contributed by atoms with van der Waals surface area (Å²) in [5.74, 6) is -0.235. The lowest BCUT2D eigenvalue weighted by molar-refractivity contribution is 0.0701. The molecule has 0 aliphatic heterocycles. The highest BCUT2D eigenvalue weighted by Gasteiger charge is 2.11. The van der Waals surface area contributed by atoms with Crippen LogP contribution in [0.15, 0.2) is 64.6 Å². The minimum absolute atomic E-state index is 0.134. The molecule has 0 spiro atoms. The number of amides is 1. The molecule has 110 valence electrons. The van der Waals surface area contributed by atoms with Gasteiger partial charge < -0.3 is 14.5 Å². The quantitative estimate of drug-likeness (QED) is 0.587. The van der Waals surface area contributed by atoms with Crippen LogP contribution in [0, 0.1) is 0 Å². The van der Waals surface area contributed by atoms with Crippen LogP contribution in [-0.2, 0) is 0 Å². The average molecular weight is 313 g/mol. The second kappa shape index (κ2) is 6.28. The molecule has 1 amide bonds. The van der Waals surface area contributed by atoms with Gasteiger partial charge in [0, 0.05) is 5.69 Å². The zero-order valence-corrected chi connectivity index (χ0v) is 12.1. The number of nitrogens with one attached hydrogen (secondary N) is 1. The fraction of sp³-hybridized carbons (Fsp3) is 0. The fourth-order valence-electron chi connectivity index (χ4n) is 1.76. The van der Waals surface area contributed by atoms with Crippen molar-refractivity contribution >= 4 is 28.9 Å². The van der Waals surface area contributed by atoms with Gasteiger partial charge in [-0.2, -0.15) is 0 Å². The van der Waals surface area contributed by atoms with Crippen molar-refractivity contribution in [3.8, 4) is 5.75 Å². The first-order valence-electron chi connectivity index (χ1n) is 6.43. The fourth-order valence-corrected chi connectivity index (χ4v) is 2.38. The minimum Gasteiger partial charge on any atom is -0.457 e. The van der Waals surface area contributed by atoms with Crippen LogP contribution in [0.3, 0.4) is 0 Å². The lowest BCUT2D eigenvalue weighted by atomic mass is 10.3. The van der Waals surface area contributed by atoms with Gasteiger partial charge in [0.15, 0.2) is 0 Å². The average Bonchev–Trinajstić information content (AvgIpc) is 3.23. The molecule has 2 aromatic heterocycles. The number of benzene rings is 1. The topological polar surface area (TPSA) is 68.5 Å². The standard InChI is InChI=1S/C16H11NO4S/c18-15(14-4-2-10-22-14)17-11-5-7-12(8-6-11)21-16(19)13-3-1-9-20-13/h1-10H,(H,17,18). The third-order valence-corrected chi connectivity index (χ3v) is 3.66. The van der Waals surface area contributed by atoms with Gasteiger partial charge in [-0.1, -0.05) is 6.07 Å². The molecule has 0 atom stereocenters. The van der Waals surface area contributed by atoms with E-state index in [-0.39, 0.29) is 11.7 Å². The number of anilines is 1. The van der Waals surface area contributed by atoms with Gasteiger partial charge >= 0.3 is 5.97 Å². The first-order valence-corrected chi connectivity index (χ1v) is 7.31. The first-order chi connectivity index (χ1) is 10.7. The van der Waals surface area contributed by atoms with Gasteiger partial charge in [-0.15, -0.1) is 11.3 Å². The molecule has 1 aromatic carbocycles. The number of carbonyl (C=O) groups excluding carboxylic acids is 2. The van der Waals surface area contributed by atoms with Gasteiger partial charge in [0.1, 0.15) is 5.75 Å². The molecular weight excluding hydrogens is 302 g/mol. The molecular formula is C16H11NO4S. The van der Waals surface area contributed by atoms with E-state index in [4.69, 9.17) is 9.15 Å². The Morgan fingerprint density at radius 2 is 1.86 bits per heavy atom. The zero-order chi connectivity index (χ0) is 15.4. The molecule has 6 heteroatoms. The van der Waals surface area contributed by atoms with E-state index in [1.54, 1.807) is 36.4 Å². The molecule has 0 fully saturated rings. The van der Waals surface area contributed by atoms with Crippen LogP contribution in [0.1, 0.15) is 20.2 Å². The summed E-state index contributed by atoms with van der Waals surface area (Å²) in [7, 11) is 0. The van der Waals surface area contributed by atoms with Gasteiger partial charge in [0.25, 0.3) is 5.91 Å². The lowest BCUT2D eigenvalue weighted by Crippen LogP contribution is -2.10. The maximum atomic E-state index is 11.9. The van der Waals surface area contributed by atoms with Crippen LogP contribution in [0.25, 0.3) is 0 Å². The van der Waals surface area contributed by atoms with Gasteiger partial charge in [0.05, 0.1) is 11.1 Å². The third kappa shape index (κ3) is 3.24. The van der Waals surface area contributed by atoms with Crippen molar-refractivity contribution in [1.82, 2.24) is 0 Å². The summed E-state index contributed by atoms with van der Waals surface area (Å²) in [6, 6.07) is 13.2. The summed E-state index contributed by atoms with van der Waals surface area (Å²) in [6.07, 6.45) is 1.40. The first kappa shape index (κ1) is 14.1. The Morgan fingerprint density at radius 1 is 1.05 bits per heavy atom. The predicted molar refractivity (Wildman–Crippen MR) is 82.4 cm³/mol. The molecule has 2 heterocycles. The summed E-state index contributed by atoms with van der Waals surface area (Å²) in [6.45, 7) is 0. The van der Waals surface area contributed by atoms with Crippen LogP contribution >= 0.6 is 11.3 Å². The zero-order valence-electron chi connectivity index (χ0n) is 11.3. The van der Waals surface area contributed by atoms with E-state index < -0.39 is 5.97 Å². The van der Waals surface area contributed by atoms with Gasteiger partial charge in [-0.05, 0) is 47.8 Å². The molecule has 3 rings (SSSR count). The number of thiophene rings is 1. The Hall–Kier alpha value is -2.86. The minimum atomic E-state index is -0.569. The number of hydrogen-bond acceptors (Lipinski definition) is 5. The Bertz CT molecular complexity index is 694. The molecule has 0 aliphatic rings. The normalized spacial score (nSPS) is 10.2. The van der Waals surface area contributed by atoms with Crippen LogP contribution in [0.4, 0.5) is 5.69 Å². The molecule has 22 heavy (non-hydrogen) atoms. The Labute approximate surface area is 130 Å². The van der Waals surface area contributed by atoms with E-state index in [1.165, 1.54) is 23.7 Å². The van der Waals surface area contributed by atoms with E-state index in [9.17, 15) is 9.59 Å². The summed E-state index contributed by atoms with van der Waals surface area (Å²) in [4.78, 5) is 24.2.